The summed E-state index contributed by atoms with van der Waals surface area (Å²) in [6.45, 7) is 0.492. The second kappa shape index (κ2) is 7.16. The molecule has 0 saturated heterocycles. The molecule has 0 saturated carbocycles. The first-order valence-corrected chi connectivity index (χ1v) is 8.32. The van der Waals surface area contributed by atoms with Crippen LogP contribution in [0.2, 0.25) is 0 Å². The molecule has 6 heteroatoms. The van der Waals surface area contributed by atoms with Crippen molar-refractivity contribution in [1.29, 1.82) is 0 Å². The Balaban J connectivity index is 1.66. The third-order valence-corrected chi connectivity index (χ3v) is 3.98. The predicted octanol–water partition coefficient (Wildman–Crippen LogP) is 3.53. The van der Waals surface area contributed by atoms with Crippen LogP contribution in [0.3, 0.4) is 0 Å². The second-order valence-corrected chi connectivity index (χ2v) is 5.75. The number of imidazole rings is 1. The maximum absolute atomic E-state index is 5.70. The normalized spacial score (nSPS) is 10.7. The number of nitrogens with two attached hydrogens (primary N) is 1. The van der Waals surface area contributed by atoms with Crippen molar-refractivity contribution in [2.75, 3.05) is 5.32 Å². The van der Waals surface area contributed by atoms with Crippen LogP contribution < -0.4 is 11.1 Å². The highest BCUT2D eigenvalue weighted by Crippen LogP contribution is 2.21. The van der Waals surface area contributed by atoms with Gasteiger partial charge in [0.15, 0.2) is 0 Å². The van der Waals surface area contributed by atoms with Gasteiger partial charge in [-0.05, 0) is 23.8 Å². The molecule has 0 radical (unpaired) electrons. The Morgan fingerprint density at radius 1 is 0.923 bits per heavy atom. The van der Waals surface area contributed by atoms with Gasteiger partial charge in [0.05, 0.1) is 0 Å². The summed E-state index contributed by atoms with van der Waals surface area (Å²) >= 11 is 0. The summed E-state index contributed by atoms with van der Waals surface area (Å²) in [6, 6.07) is 19.8. The van der Waals surface area contributed by atoms with Crippen LogP contribution in [0.1, 0.15) is 5.56 Å². The quantitative estimate of drug-likeness (QED) is 0.580. The van der Waals surface area contributed by atoms with Crippen molar-refractivity contribution in [3.05, 3.63) is 84.8 Å². The predicted molar refractivity (Wildman–Crippen MR) is 102 cm³/mol. The van der Waals surface area contributed by atoms with E-state index in [1.807, 2.05) is 71.4 Å². The van der Waals surface area contributed by atoms with Gasteiger partial charge in [0.1, 0.15) is 11.6 Å². The molecule has 0 aliphatic heterocycles. The van der Waals surface area contributed by atoms with E-state index in [0.717, 1.165) is 28.5 Å². The maximum atomic E-state index is 5.70. The molecule has 26 heavy (non-hydrogen) atoms. The van der Waals surface area contributed by atoms with Gasteiger partial charge in [0.2, 0.25) is 5.95 Å². The number of anilines is 2. The van der Waals surface area contributed by atoms with E-state index in [4.69, 9.17) is 5.73 Å². The third-order valence-electron chi connectivity index (χ3n) is 3.98. The highest BCUT2D eigenvalue weighted by molar-refractivity contribution is 5.59. The van der Waals surface area contributed by atoms with Gasteiger partial charge in [-0.3, -0.25) is 4.57 Å². The molecule has 0 spiro atoms. The molecule has 2 aromatic carbocycles. The van der Waals surface area contributed by atoms with Gasteiger partial charge in [-0.2, -0.15) is 4.98 Å². The summed E-state index contributed by atoms with van der Waals surface area (Å²) in [7, 11) is 0. The van der Waals surface area contributed by atoms with Crippen molar-refractivity contribution in [1.82, 2.24) is 19.5 Å². The molecular formula is C20H18N6. The van der Waals surface area contributed by atoms with E-state index >= 15 is 0 Å². The monoisotopic (exact) mass is 342 g/mol. The fourth-order valence-corrected chi connectivity index (χ4v) is 2.74. The van der Waals surface area contributed by atoms with Gasteiger partial charge in [-0.1, -0.05) is 42.5 Å². The van der Waals surface area contributed by atoms with E-state index in [1.165, 1.54) is 0 Å². The number of hydrogen-bond donors (Lipinski definition) is 2. The molecule has 0 unspecified atom stereocenters. The average molecular weight is 342 g/mol. The Kier molecular flexibility index (Phi) is 4.40. The molecule has 4 aromatic rings. The molecule has 4 rings (SSSR count). The number of benzene rings is 2. The van der Waals surface area contributed by atoms with Crippen molar-refractivity contribution in [2.45, 2.75) is 6.54 Å². The molecule has 0 atom stereocenters. The molecule has 0 fully saturated rings. The highest BCUT2D eigenvalue weighted by atomic mass is 15.2. The van der Waals surface area contributed by atoms with Gasteiger partial charge in [-0.25, -0.2) is 9.97 Å². The molecule has 6 nitrogen and oxygen atoms in total. The van der Waals surface area contributed by atoms with Crippen LogP contribution in [0.5, 0.6) is 0 Å². The topological polar surface area (TPSA) is 81.6 Å². The lowest BCUT2D eigenvalue weighted by Crippen LogP contribution is -2.04. The van der Waals surface area contributed by atoms with Crippen LogP contribution in [0.4, 0.5) is 11.6 Å². The standard InChI is InChI=1S/C20H18N6/c21-14-15-5-4-8-17(13-15)24-20-23-10-9-18(25-20)26-12-11-22-19(26)16-6-2-1-3-7-16/h1-13H,14,21H2,(H,23,24,25). The number of hydrogen-bond acceptors (Lipinski definition) is 5. The zero-order valence-corrected chi connectivity index (χ0v) is 14.1. The summed E-state index contributed by atoms with van der Waals surface area (Å²) in [5, 5.41) is 3.23. The van der Waals surface area contributed by atoms with Crippen LogP contribution in [0, 0.1) is 0 Å². The van der Waals surface area contributed by atoms with Gasteiger partial charge < -0.3 is 11.1 Å². The SMILES string of the molecule is NCc1cccc(Nc2nccc(-n3ccnc3-c3ccccc3)n2)c1. The first-order valence-electron chi connectivity index (χ1n) is 8.32. The number of nitrogens with one attached hydrogen (secondary N) is 1. The number of aromatic nitrogens is 4. The zero-order valence-electron chi connectivity index (χ0n) is 14.1. The largest absolute Gasteiger partial charge is 0.326 e. The van der Waals surface area contributed by atoms with E-state index in [0.29, 0.717) is 12.5 Å². The lowest BCUT2D eigenvalue weighted by Gasteiger charge is -2.10. The summed E-state index contributed by atoms with van der Waals surface area (Å²) in [5.74, 6) is 2.10. The molecule has 0 bridgehead atoms. The molecule has 3 N–H and O–H groups in total. The van der Waals surface area contributed by atoms with Gasteiger partial charge in [0, 0.05) is 36.4 Å². The summed E-state index contributed by atoms with van der Waals surface area (Å²) in [4.78, 5) is 13.4. The van der Waals surface area contributed by atoms with Crippen molar-refractivity contribution >= 4 is 11.6 Å². The Morgan fingerprint density at radius 3 is 2.65 bits per heavy atom. The van der Waals surface area contributed by atoms with Gasteiger partial charge in [0.25, 0.3) is 0 Å². The molecule has 0 aliphatic carbocycles. The Hall–Kier alpha value is -3.51. The van der Waals surface area contributed by atoms with E-state index < -0.39 is 0 Å². The first-order chi connectivity index (χ1) is 12.8. The fraction of sp³-hybridized carbons (Fsp3) is 0.0500. The zero-order chi connectivity index (χ0) is 17.8. The van der Waals surface area contributed by atoms with E-state index in [1.54, 1.807) is 12.4 Å². The Morgan fingerprint density at radius 2 is 1.81 bits per heavy atom. The van der Waals surface area contributed by atoms with Gasteiger partial charge in [-0.15, -0.1) is 0 Å². The van der Waals surface area contributed by atoms with Crippen molar-refractivity contribution in [3.8, 4) is 17.2 Å². The Bertz CT molecular complexity index is 1010. The van der Waals surface area contributed by atoms with E-state index in [-0.39, 0.29) is 0 Å². The van der Waals surface area contributed by atoms with Crippen molar-refractivity contribution in [2.24, 2.45) is 5.73 Å². The van der Waals surface area contributed by atoms with Crippen molar-refractivity contribution in [3.63, 3.8) is 0 Å². The second-order valence-electron chi connectivity index (χ2n) is 5.75. The van der Waals surface area contributed by atoms with Crippen molar-refractivity contribution < 1.29 is 0 Å². The number of rotatable bonds is 5. The molecular weight excluding hydrogens is 324 g/mol. The minimum atomic E-state index is 0.492. The van der Waals surface area contributed by atoms with E-state index in [9.17, 15) is 0 Å². The minimum absolute atomic E-state index is 0.492. The average Bonchev–Trinajstić information content (AvgIpc) is 3.19. The molecule has 2 aromatic heterocycles. The van der Waals surface area contributed by atoms with Crippen LogP contribution in [-0.2, 0) is 6.54 Å². The highest BCUT2D eigenvalue weighted by Gasteiger charge is 2.09. The van der Waals surface area contributed by atoms with Crippen LogP contribution in [-0.4, -0.2) is 19.5 Å². The number of nitrogens with zero attached hydrogens (tertiary/aromatic N) is 4. The molecule has 2 heterocycles. The smallest absolute Gasteiger partial charge is 0.229 e. The molecule has 128 valence electrons. The van der Waals surface area contributed by atoms with Crippen LogP contribution in [0.15, 0.2) is 79.3 Å². The van der Waals surface area contributed by atoms with Crippen LogP contribution >= 0.6 is 0 Å². The molecule has 0 amide bonds. The van der Waals surface area contributed by atoms with Crippen LogP contribution in [0.25, 0.3) is 17.2 Å². The lowest BCUT2D eigenvalue weighted by molar-refractivity contribution is 0.983. The fourth-order valence-electron chi connectivity index (χ4n) is 2.74. The minimum Gasteiger partial charge on any atom is -0.326 e. The van der Waals surface area contributed by atoms with Gasteiger partial charge >= 0.3 is 0 Å². The maximum Gasteiger partial charge on any atom is 0.229 e. The summed E-state index contributed by atoms with van der Waals surface area (Å²) in [5.41, 5.74) is 8.68. The lowest BCUT2D eigenvalue weighted by atomic mass is 10.2. The summed E-state index contributed by atoms with van der Waals surface area (Å²) in [6.07, 6.45) is 5.39. The van der Waals surface area contributed by atoms with E-state index in [2.05, 4.69) is 20.3 Å². The first kappa shape index (κ1) is 16.0. The summed E-state index contributed by atoms with van der Waals surface area (Å²) < 4.78 is 1.94. The Labute approximate surface area is 151 Å². The molecule has 0 aliphatic rings. The third kappa shape index (κ3) is 3.31.